The standard InChI is InChI=1S/C50H36N2/c1-50(2,3)35-26-32-21-20-31-22-24-38(43-25-23-33(27-35)48(32)49(31)43)34-28-36(51-44-16-8-4-12-39(44)40-13-5-9-17-45(40)51)30-37(29-34)52-46-18-10-6-14-41(46)42-15-7-11-19-47(42)52/h4-30H,1-3H3. The van der Waals surface area contributed by atoms with E-state index >= 15 is 0 Å². The van der Waals surface area contributed by atoms with Crippen LogP contribution in [0.5, 0.6) is 0 Å². The summed E-state index contributed by atoms with van der Waals surface area (Å²) in [6.07, 6.45) is 0. The van der Waals surface area contributed by atoms with Gasteiger partial charge in [-0.2, -0.15) is 0 Å². The van der Waals surface area contributed by atoms with E-state index in [9.17, 15) is 0 Å². The number of hydrogen-bond acceptors (Lipinski definition) is 0. The maximum absolute atomic E-state index is 2.45. The Balaban J connectivity index is 1.26. The van der Waals surface area contributed by atoms with Crippen molar-refractivity contribution in [2.75, 3.05) is 0 Å². The van der Waals surface area contributed by atoms with Crippen LogP contribution in [0.15, 0.2) is 164 Å². The SMILES string of the molecule is CC(C)(C)c1cc2ccc3ccc(-c4cc(-n5c6ccccc6c6ccccc65)cc(-n5c6ccccc6c6ccccc65)c4)c4ccc(c1)c2c34. The summed E-state index contributed by atoms with van der Waals surface area (Å²) in [7, 11) is 0. The molecule has 0 unspecified atom stereocenters. The first-order valence-electron chi connectivity index (χ1n) is 18.3. The molecule has 0 saturated heterocycles. The molecule has 0 bridgehead atoms. The third-order valence-electron chi connectivity index (χ3n) is 11.4. The third kappa shape index (κ3) is 4.12. The lowest BCUT2D eigenvalue weighted by molar-refractivity contribution is 0.591. The number of nitrogens with zero attached hydrogens (tertiary/aromatic N) is 2. The predicted octanol–water partition coefficient (Wildman–Crippen LogP) is 13.7. The average molecular weight is 665 g/mol. The van der Waals surface area contributed by atoms with Crippen molar-refractivity contribution in [3.05, 3.63) is 169 Å². The Morgan fingerprint density at radius 2 is 0.788 bits per heavy atom. The molecule has 2 nitrogen and oxygen atoms in total. The van der Waals surface area contributed by atoms with Crippen LogP contribution in [0.2, 0.25) is 0 Å². The fourth-order valence-electron chi connectivity index (χ4n) is 8.91. The van der Waals surface area contributed by atoms with E-state index in [-0.39, 0.29) is 5.41 Å². The zero-order valence-corrected chi connectivity index (χ0v) is 29.5. The first-order valence-corrected chi connectivity index (χ1v) is 18.3. The fraction of sp³-hybridized carbons (Fsp3) is 0.0800. The Morgan fingerprint density at radius 3 is 1.27 bits per heavy atom. The van der Waals surface area contributed by atoms with Crippen LogP contribution in [0, 0.1) is 0 Å². The molecule has 0 amide bonds. The maximum Gasteiger partial charge on any atom is 0.0541 e. The van der Waals surface area contributed by atoms with Gasteiger partial charge >= 0.3 is 0 Å². The number of aromatic nitrogens is 2. The molecule has 2 aromatic heterocycles. The summed E-state index contributed by atoms with van der Waals surface area (Å²) < 4.78 is 4.91. The molecule has 11 rings (SSSR count). The van der Waals surface area contributed by atoms with Gasteiger partial charge in [0.2, 0.25) is 0 Å². The lowest BCUT2D eigenvalue weighted by Crippen LogP contribution is -2.10. The van der Waals surface area contributed by atoms with Crippen molar-refractivity contribution in [2.45, 2.75) is 26.2 Å². The molecule has 0 atom stereocenters. The van der Waals surface area contributed by atoms with E-state index in [4.69, 9.17) is 0 Å². The summed E-state index contributed by atoms with van der Waals surface area (Å²) in [6, 6.07) is 61.2. The highest BCUT2D eigenvalue weighted by Crippen LogP contribution is 2.43. The van der Waals surface area contributed by atoms with E-state index in [1.807, 2.05) is 0 Å². The highest BCUT2D eigenvalue weighted by atomic mass is 15.0. The molecule has 0 N–H and O–H groups in total. The van der Waals surface area contributed by atoms with Crippen molar-refractivity contribution < 1.29 is 0 Å². The topological polar surface area (TPSA) is 9.86 Å². The Bertz CT molecular complexity index is 2960. The summed E-state index contributed by atoms with van der Waals surface area (Å²) in [5, 5.41) is 12.9. The Kier molecular flexibility index (Phi) is 5.97. The Hall–Kier alpha value is -6.38. The summed E-state index contributed by atoms with van der Waals surface area (Å²) >= 11 is 0. The van der Waals surface area contributed by atoms with E-state index in [1.54, 1.807) is 0 Å². The van der Waals surface area contributed by atoms with E-state index in [0.29, 0.717) is 0 Å². The molecular formula is C50H36N2. The van der Waals surface area contributed by atoms with E-state index in [0.717, 1.165) is 11.4 Å². The number of hydrogen-bond donors (Lipinski definition) is 0. The van der Waals surface area contributed by atoms with Crippen molar-refractivity contribution in [1.82, 2.24) is 9.13 Å². The molecular weight excluding hydrogens is 629 g/mol. The molecule has 11 aromatic rings. The summed E-state index contributed by atoms with van der Waals surface area (Å²) in [6.45, 7) is 6.91. The first-order chi connectivity index (χ1) is 25.4. The second-order valence-corrected chi connectivity index (χ2v) is 15.4. The lowest BCUT2D eigenvalue weighted by Gasteiger charge is -2.22. The van der Waals surface area contributed by atoms with Gasteiger partial charge in [-0.05, 0) is 96.9 Å². The van der Waals surface area contributed by atoms with Gasteiger partial charge in [-0.15, -0.1) is 0 Å². The zero-order chi connectivity index (χ0) is 34.7. The number of fused-ring (bicyclic) bond motifs is 6. The number of rotatable bonds is 3. The normalized spacial score (nSPS) is 12.5. The van der Waals surface area contributed by atoms with Crippen LogP contribution in [0.1, 0.15) is 26.3 Å². The van der Waals surface area contributed by atoms with Gasteiger partial charge in [0.15, 0.2) is 0 Å². The van der Waals surface area contributed by atoms with E-state index in [1.165, 1.54) is 92.6 Å². The molecule has 9 aromatic carbocycles. The number of para-hydroxylation sites is 4. The monoisotopic (exact) mass is 664 g/mol. The molecule has 2 heterocycles. The van der Waals surface area contributed by atoms with Crippen molar-refractivity contribution in [3.8, 4) is 22.5 Å². The van der Waals surface area contributed by atoms with Crippen LogP contribution in [-0.2, 0) is 5.41 Å². The molecule has 246 valence electrons. The van der Waals surface area contributed by atoms with Gasteiger partial charge in [-0.3, -0.25) is 0 Å². The predicted molar refractivity (Wildman–Crippen MR) is 223 cm³/mol. The third-order valence-corrected chi connectivity index (χ3v) is 11.4. The Morgan fingerprint density at radius 1 is 0.365 bits per heavy atom. The molecule has 0 radical (unpaired) electrons. The Labute approximate surface area is 302 Å². The highest BCUT2D eigenvalue weighted by Gasteiger charge is 2.21. The number of benzene rings is 9. The zero-order valence-electron chi connectivity index (χ0n) is 29.5. The molecule has 0 spiro atoms. The van der Waals surface area contributed by atoms with E-state index in [2.05, 4.69) is 194 Å². The van der Waals surface area contributed by atoms with Crippen molar-refractivity contribution in [1.29, 1.82) is 0 Å². The average Bonchev–Trinajstić information content (AvgIpc) is 3.69. The van der Waals surface area contributed by atoms with Crippen molar-refractivity contribution in [2.24, 2.45) is 0 Å². The quantitative estimate of drug-likeness (QED) is 0.166. The van der Waals surface area contributed by atoms with Gasteiger partial charge in [0.1, 0.15) is 0 Å². The van der Waals surface area contributed by atoms with Crippen LogP contribution in [0.25, 0.3) is 98.4 Å². The second-order valence-electron chi connectivity index (χ2n) is 15.4. The first kappa shape index (κ1) is 29.4. The van der Waals surface area contributed by atoms with E-state index < -0.39 is 0 Å². The van der Waals surface area contributed by atoms with Crippen LogP contribution < -0.4 is 0 Å². The smallest absolute Gasteiger partial charge is 0.0541 e. The lowest BCUT2D eigenvalue weighted by atomic mass is 9.82. The molecule has 0 aliphatic heterocycles. The minimum Gasteiger partial charge on any atom is -0.309 e. The van der Waals surface area contributed by atoms with Crippen LogP contribution in [-0.4, -0.2) is 9.13 Å². The molecule has 0 saturated carbocycles. The van der Waals surface area contributed by atoms with Gasteiger partial charge in [-0.1, -0.05) is 142 Å². The molecule has 52 heavy (non-hydrogen) atoms. The highest BCUT2D eigenvalue weighted by molar-refractivity contribution is 6.25. The summed E-state index contributed by atoms with van der Waals surface area (Å²) in [5.74, 6) is 0. The maximum atomic E-state index is 2.45. The van der Waals surface area contributed by atoms with Gasteiger partial charge in [0.25, 0.3) is 0 Å². The largest absolute Gasteiger partial charge is 0.309 e. The molecule has 0 aliphatic carbocycles. The summed E-state index contributed by atoms with van der Waals surface area (Å²) in [5.41, 5.74) is 11.0. The van der Waals surface area contributed by atoms with Gasteiger partial charge in [0.05, 0.1) is 22.1 Å². The van der Waals surface area contributed by atoms with Gasteiger partial charge in [0, 0.05) is 32.9 Å². The van der Waals surface area contributed by atoms with Crippen molar-refractivity contribution in [3.63, 3.8) is 0 Å². The van der Waals surface area contributed by atoms with Crippen LogP contribution >= 0.6 is 0 Å². The van der Waals surface area contributed by atoms with Gasteiger partial charge in [-0.25, -0.2) is 0 Å². The molecule has 0 fully saturated rings. The van der Waals surface area contributed by atoms with Crippen LogP contribution in [0.4, 0.5) is 0 Å². The molecule has 2 heteroatoms. The minimum absolute atomic E-state index is 0.0755. The minimum atomic E-state index is 0.0755. The van der Waals surface area contributed by atoms with Gasteiger partial charge < -0.3 is 9.13 Å². The van der Waals surface area contributed by atoms with Crippen molar-refractivity contribution >= 4 is 75.9 Å². The molecule has 0 aliphatic rings. The van der Waals surface area contributed by atoms with Crippen LogP contribution in [0.3, 0.4) is 0 Å². The second kappa shape index (κ2) is 10.6. The fourth-order valence-corrected chi connectivity index (χ4v) is 8.91. The summed E-state index contributed by atoms with van der Waals surface area (Å²) in [4.78, 5) is 0.